The lowest BCUT2D eigenvalue weighted by Gasteiger charge is -2.33. The zero-order valence-corrected chi connectivity index (χ0v) is 15.5. The number of carbonyl (C=O) groups is 1. The maximum absolute atomic E-state index is 10.6. The molecule has 0 saturated carbocycles. The lowest BCUT2D eigenvalue weighted by atomic mass is 10.2. The molecule has 1 amide bonds. The average Bonchev–Trinajstić information content (AvgIpc) is 2.69. The number of carbonyl (C=O) groups excluding carboxylic acids is 1. The van der Waals surface area contributed by atoms with Crippen molar-refractivity contribution in [2.24, 2.45) is 0 Å². The number of piperazine rings is 1. The van der Waals surface area contributed by atoms with Gasteiger partial charge in [-0.3, -0.25) is 15.6 Å². The van der Waals surface area contributed by atoms with E-state index < -0.39 is 0 Å². The molecule has 0 unspecified atom stereocenters. The fourth-order valence-corrected chi connectivity index (χ4v) is 2.72. The largest absolute Gasteiger partial charge is 0.352 e. The molecule has 2 heterocycles. The van der Waals surface area contributed by atoms with Crippen LogP contribution in [0.2, 0.25) is 5.02 Å². The second kappa shape index (κ2) is 9.72. The molecule has 0 bridgehead atoms. The molecule has 138 valence electrons. The Balaban J connectivity index is 0.000000228. The monoisotopic (exact) mass is 374 g/mol. The Morgan fingerprint density at radius 1 is 1.19 bits per heavy atom. The van der Waals surface area contributed by atoms with Crippen LogP contribution in [0.1, 0.15) is 12.5 Å². The van der Waals surface area contributed by atoms with Crippen LogP contribution >= 0.6 is 11.6 Å². The number of aromatic nitrogens is 2. The predicted molar refractivity (Wildman–Crippen MR) is 103 cm³/mol. The number of hydrogen-bond donors (Lipinski definition) is 2. The minimum Gasteiger partial charge on any atom is -0.352 e. The molecule has 2 aromatic rings. The van der Waals surface area contributed by atoms with Gasteiger partial charge >= 0.3 is 0 Å². The summed E-state index contributed by atoms with van der Waals surface area (Å²) in [6.45, 7) is 4.92. The van der Waals surface area contributed by atoms with Gasteiger partial charge in [-0.25, -0.2) is 4.68 Å². The van der Waals surface area contributed by atoms with E-state index in [1.165, 1.54) is 10.2 Å². The highest BCUT2D eigenvalue weighted by Gasteiger charge is 2.16. The van der Waals surface area contributed by atoms with Crippen molar-refractivity contribution in [3.05, 3.63) is 52.5 Å². The Hall–Kier alpha value is -2.67. The van der Waals surface area contributed by atoms with E-state index in [9.17, 15) is 4.79 Å². The first kappa shape index (κ1) is 19.7. The van der Waals surface area contributed by atoms with Gasteiger partial charge in [0.05, 0.1) is 0 Å². The van der Waals surface area contributed by atoms with Crippen molar-refractivity contribution in [2.45, 2.75) is 13.3 Å². The fraction of sp³-hybridized carbons (Fsp3) is 0.333. The van der Waals surface area contributed by atoms with Crippen LogP contribution in [0.15, 0.2) is 36.4 Å². The lowest BCUT2D eigenvalue weighted by molar-refractivity contribution is -0.118. The summed E-state index contributed by atoms with van der Waals surface area (Å²) >= 11 is 5.72. The Morgan fingerprint density at radius 2 is 1.92 bits per heavy atom. The van der Waals surface area contributed by atoms with Gasteiger partial charge in [0.1, 0.15) is 17.6 Å². The number of hydrogen-bond acceptors (Lipinski definition) is 5. The van der Waals surface area contributed by atoms with Crippen LogP contribution in [0.3, 0.4) is 0 Å². The molecule has 26 heavy (non-hydrogen) atoms. The molecule has 0 atom stereocenters. The summed E-state index contributed by atoms with van der Waals surface area (Å²) in [6, 6.07) is 11.3. The van der Waals surface area contributed by atoms with E-state index in [2.05, 4.69) is 18.1 Å². The normalized spacial score (nSPS) is 13.6. The molecule has 3 rings (SSSR count). The Morgan fingerprint density at radius 3 is 2.46 bits per heavy atom. The summed E-state index contributed by atoms with van der Waals surface area (Å²) in [4.78, 5) is 14.3. The molecule has 0 spiro atoms. The smallest absolute Gasteiger partial charge is 0.209 e. The third-order valence-corrected chi connectivity index (χ3v) is 4.29. The number of nitrogens with zero attached hydrogens (tertiary/aromatic N) is 4. The standard InChI is InChI=1S/C10H14N6O.C8H9Cl/c11-7-16-9(12)1-2-10(13-16)15-5-3-14(8-17)4-6-15;1-2-7-4-3-5-8(9)6-7/h1-2,7-8,11-12H,3-6H2;3-6H,2H2,1H3. The van der Waals surface area contributed by atoms with Crippen molar-refractivity contribution in [1.82, 2.24) is 14.7 Å². The Labute approximate surface area is 157 Å². The summed E-state index contributed by atoms with van der Waals surface area (Å²) in [5.74, 6) is 0.732. The van der Waals surface area contributed by atoms with Gasteiger partial charge in [0.2, 0.25) is 6.41 Å². The number of halogens is 1. The van der Waals surface area contributed by atoms with Crippen molar-refractivity contribution in [1.29, 1.82) is 10.8 Å². The second-order valence-corrected chi connectivity index (χ2v) is 6.20. The van der Waals surface area contributed by atoms with Crippen LogP contribution in [0.25, 0.3) is 0 Å². The third-order valence-electron chi connectivity index (χ3n) is 4.05. The summed E-state index contributed by atoms with van der Waals surface area (Å²) in [6.07, 6.45) is 2.92. The molecule has 1 aliphatic heterocycles. The second-order valence-electron chi connectivity index (χ2n) is 5.76. The van der Waals surface area contributed by atoms with E-state index in [4.69, 9.17) is 22.4 Å². The van der Waals surface area contributed by atoms with Crippen molar-refractivity contribution in [2.75, 3.05) is 31.1 Å². The SMILES string of the molecule is CCc1cccc(Cl)c1.N=Cn1nc(N2CCN(C=O)CC2)ccc1=N. The predicted octanol–water partition coefficient (Wildman–Crippen LogP) is 2.00. The maximum Gasteiger partial charge on any atom is 0.209 e. The van der Waals surface area contributed by atoms with Gasteiger partial charge in [0, 0.05) is 31.2 Å². The zero-order chi connectivity index (χ0) is 18.9. The number of nitrogens with one attached hydrogen (secondary N) is 2. The van der Waals surface area contributed by atoms with Crippen molar-refractivity contribution in [3.63, 3.8) is 0 Å². The molecule has 0 radical (unpaired) electrons. The summed E-state index contributed by atoms with van der Waals surface area (Å²) in [5, 5.41) is 19.7. The highest BCUT2D eigenvalue weighted by Crippen LogP contribution is 2.11. The van der Waals surface area contributed by atoms with Gasteiger partial charge in [-0.1, -0.05) is 30.7 Å². The molecular weight excluding hydrogens is 352 g/mol. The molecule has 2 N–H and O–H groups in total. The van der Waals surface area contributed by atoms with Gasteiger partial charge in [0.25, 0.3) is 0 Å². The van der Waals surface area contributed by atoms with Crippen LogP contribution in [0.4, 0.5) is 5.82 Å². The van der Waals surface area contributed by atoms with E-state index in [1.54, 1.807) is 17.0 Å². The van der Waals surface area contributed by atoms with Crippen LogP contribution in [-0.2, 0) is 11.2 Å². The average molecular weight is 375 g/mol. The molecule has 7 nitrogen and oxygen atoms in total. The van der Waals surface area contributed by atoms with E-state index in [0.29, 0.717) is 13.1 Å². The van der Waals surface area contributed by atoms with Crippen LogP contribution in [0, 0.1) is 10.8 Å². The summed E-state index contributed by atoms with van der Waals surface area (Å²) in [5.41, 5.74) is 1.47. The van der Waals surface area contributed by atoms with Crippen LogP contribution < -0.4 is 10.4 Å². The van der Waals surface area contributed by atoms with E-state index in [0.717, 1.165) is 43.1 Å². The lowest BCUT2D eigenvalue weighted by Crippen LogP contribution is -2.46. The first-order chi connectivity index (χ1) is 12.6. The molecule has 1 aliphatic rings. The summed E-state index contributed by atoms with van der Waals surface area (Å²) < 4.78 is 1.21. The van der Waals surface area contributed by atoms with Crippen LogP contribution in [-0.4, -0.2) is 53.6 Å². The van der Waals surface area contributed by atoms with E-state index >= 15 is 0 Å². The van der Waals surface area contributed by atoms with Gasteiger partial charge in [-0.05, 0) is 36.2 Å². The number of anilines is 1. The van der Waals surface area contributed by atoms with Gasteiger partial charge in [0.15, 0.2) is 0 Å². The topological polar surface area (TPSA) is 89.1 Å². The molecule has 1 fully saturated rings. The molecule has 1 saturated heterocycles. The van der Waals surface area contributed by atoms with Gasteiger partial charge < -0.3 is 9.80 Å². The fourth-order valence-electron chi connectivity index (χ4n) is 2.51. The number of rotatable bonds is 4. The molecular formula is C18H23ClN6O. The summed E-state index contributed by atoms with van der Waals surface area (Å²) in [7, 11) is 0. The maximum atomic E-state index is 10.6. The van der Waals surface area contributed by atoms with Crippen molar-refractivity contribution >= 4 is 30.2 Å². The Bertz CT molecular complexity index is 798. The zero-order valence-electron chi connectivity index (χ0n) is 14.7. The van der Waals surface area contributed by atoms with E-state index in [1.807, 2.05) is 23.1 Å². The van der Waals surface area contributed by atoms with Gasteiger partial charge in [-0.2, -0.15) is 0 Å². The molecule has 1 aromatic heterocycles. The third kappa shape index (κ3) is 5.42. The van der Waals surface area contributed by atoms with Crippen molar-refractivity contribution in [3.8, 4) is 0 Å². The van der Waals surface area contributed by atoms with Crippen LogP contribution in [0.5, 0.6) is 0 Å². The Kier molecular flexibility index (Phi) is 7.35. The highest BCUT2D eigenvalue weighted by molar-refractivity contribution is 6.30. The quantitative estimate of drug-likeness (QED) is 0.487. The number of amides is 1. The first-order valence-corrected chi connectivity index (χ1v) is 8.79. The highest BCUT2D eigenvalue weighted by atomic mass is 35.5. The van der Waals surface area contributed by atoms with E-state index in [-0.39, 0.29) is 5.49 Å². The van der Waals surface area contributed by atoms with Gasteiger partial charge in [-0.15, -0.1) is 5.10 Å². The number of benzene rings is 1. The molecule has 0 aliphatic carbocycles. The number of aryl methyl sites for hydroxylation is 1. The molecule has 8 heteroatoms. The minimum atomic E-state index is 0.176. The molecule has 1 aromatic carbocycles. The van der Waals surface area contributed by atoms with Crippen molar-refractivity contribution < 1.29 is 4.79 Å². The first-order valence-electron chi connectivity index (χ1n) is 8.41. The minimum absolute atomic E-state index is 0.176.